The van der Waals surface area contributed by atoms with E-state index in [1.807, 2.05) is 20.8 Å². The Balaban J connectivity index is 1.95. The number of methoxy groups -OCH3 is 1. The number of hydrogen-bond donors (Lipinski definition) is 1. The molecule has 0 saturated carbocycles. The lowest BCUT2D eigenvalue weighted by Gasteiger charge is -2.28. The highest BCUT2D eigenvalue weighted by Gasteiger charge is 2.32. The molecule has 2 heterocycles. The van der Waals surface area contributed by atoms with Gasteiger partial charge in [-0.1, -0.05) is 0 Å². The maximum atomic E-state index is 12.2. The van der Waals surface area contributed by atoms with Crippen LogP contribution in [0.1, 0.15) is 33.6 Å². The predicted octanol–water partition coefficient (Wildman–Crippen LogP) is 2.45. The highest BCUT2D eigenvalue weighted by molar-refractivity contribution is 5.69. The van der Waals surface area contributed by atoms with Gasteiger partial charge in [0.05, 0.1) is 18.8 Å². The van der Waals surface area contributed by atoms with Crippen LogP contribution in [0.5, 0.6) is 11.8 Å². The summed E-state index contributed by atoms with van der Waals surface area (Å²) >= 11 is 0. The molecule has 1 amide bonds. The maximum Gasteiger partial charge on any atom is 0.410 e. The highest BCUT2D eigenvalue weighted by atomic mass is 16.6. The molecule has 0 bridgehead atoms. The first-order valence-electron chi connectivity index (χ1n) is 7.73. The molecule has 1 saturated heterocycles. The van der Waals surface area contributed by atoms with Crippen molar-refractivity contribution in [2.24, 2.45) is 0 Å². The summed E-state index contributed by atoms with van der Waals surface area (Å²) in [5.41, 5.74) is 5.68. The number of aromatic nitrogens is 1. The van der Waals surface area contributed by atoms with Crippen LogP contribution >= 0.6 is 0 Å². The Morgan fingerprint density at radius 2 is 2.17 bits per heavy atom. The number of nitrogen functional groups attached to an aromatic ring is 1. The number of carbonyl (C=O) groups is 1. The molecule has 128 valence electrons. The Labute approximate surface area is 136 Å². The lowest BCUT2D eigenvalue weighted by molar-refractivity contribution is 0.0185. The predicted molar refractivity (Wildman–Crippen MR) is 86.7 cm³/mol. The van der Waals surface area contributed by atoms with Gasteiger partial charge in [-0.2, -0.15) is 4.98 Å². The first-order valence-corrected chi connectivity index (χ1v) is 7.73. The van der Waals surface area contributed by atoms with E-state index in [2.05, 4.69) is 4.98 Å². The average Bonchev–Trinajstić information content (AvgIpc) is 2.93. The van der Waals surface area contributed by atoms with E-state index in [1.54, 1.807) is 17.0 Å². The molecule has 2 rings (SSSR count). The molecule has 2 N–H and O–H groups in total. The van der Waals surface area contributed by atoms with Crippen molar-refractivity contribution < 1.29 is 19.0 Å². The molecule has 1 fully saturated rings. The standard InChI is InChI=1S/C16H25N3O4/c1-16(2,3)23-15(20)19-9-5-6-11(19)10-22-13-8-7-12(17)14(18-13)21-4/h7-8,11H,5-6,9-10,17H2,1-4H3/t11-/m1/s1. The quantitative estimate of drug-likeness (QED) is 0.916. The number of anilines is 1. The van der Waals surface area contributed by atoms with Crippen molar-refractivity contribution in [1.29, 1.82) is 0 Å². The second-order valence-electron chi connectivity index (χ2n) is 6.53. The third-order valence-corrected chi connectivity index (χ3v) is 3.49. The number of carbonyl (C=O) groups excluding carboxylic acids is 1. The molecule has 7 heteroatoms. The summed E-state index contributed by atoms with van der Waals surface area (Å²) in [4.78, 5) is 18.1. The van der Waals surface area contributed by atoms with Gasteiger partial charge in [0, 0.05) is 12.6 Å². The zero-order valence-corrected chi connectivity index (χ0v) is 14.2. The minimum Gasteiger partial charge on any atom is -0.479 e. The van der Waals surface area contributed by atoms with E-state index in [-0.39, 0.29) is 12.1 Å². The van der Waals surface area contributed by atoms with E-state index in [0.29, 0.717) is 30.6 Å². The molecule has 0 spiro atoms. The van der Waals surface area contributed by atoms with Crippen LogP contribution in [0.4, 0.5) is 10.5 Å². The number of likely N-dealkylation sites (tertiary alicyclic amines) is 1. The fourth-order valence-corrected chi connectivity index (χ4v) is 2.43. The molecular formula is C16H25N3O4. The molecule has 1 aliphatic rings. The molecule has 0 unspecified atom stereocenters. The summed E-state index contributed by atoms with van der Waals surface area (Å²) in [6.07, 6.45) is 1.52. The van der Waals surface area contributed by atoms with E-state index >= 15 is 0 Å². The van der Waals surface area contributed by atoms with Crippen LogP contribution in [0, 0.1) is 0 Å². The van der Waals surface area contributed by atoms with Gasteiger partial charge in [-0.05, 0) is 39.7 Å². The SMILES string of the molecule is COc1nc(OC[C@H]2CCCN2C(=O)OC(C)(C)C)ccc1N. The molecule has 0 aromatic carbocycles. The maximum absolute atomic E-state index is 12.2. The second kappa shape index (κ2) is 6.93. The van der Waals surface area contributed by atoms with E-state index in [9.17, 15) is 4.79 Å². The van der Waals surface area contributed by atoms with Gasteiger partial charge in [-0.15, -0.1) is 0 Å². The molecule has 23 heavy (non-hydrogen) atoms. The molecule has 0 aliphatic carbocycles. The van der Waals surface area contributed by atoms with Crippen LogP contribution in [0.2, 0.25) is 0 Å². The summed E-state index contributed by atoms with van der Waals surface area (Å²) in [5.74, 6) is 0.755. The van der Waals surface area contributed by atoms with Gasteiger partial charge in [-0.25, -0.2) is 4.79 Å². The average molecular weight is 323 g/mol. The van der Waals surface area contributed by atoms with Gasteiger partial charge in [0.15, 0.2) is 0 Å². The van der Waals surface area contributed by atoms with Gasteiger partial charge >= 0.3 is 6.09 Å². The third-order valence-electron chi connectivity index (χ3n) is 3.49. The summed E-state index contributed by atoms with van der Waals surface area (Å²) < 4.78 is 16.2. The summed E-state index contributed by atoms with van der Waals surface area (Å²) in [5, 5.41) is 0. The van der Waals surface area contributed by atoms with Crippen LogP contribution < -0.4 is 15.2 Å². The summed E-state index contributed by atoms with van der Waals surface area (Å²) in [7, 11) is 1.50. The lowest BCUT2D eigenvalue weighted by atomic mass is 10.2. The van der Waals surface area contributed by atoms with Crippen molar-refractivity contribution in [3.05, 3.63) is 12.1 Å². The Morgan fingerprint density at radius 1 is 1.43 bits per heavy atom. The van der Waals surface area contributed by atoms with Crippen molar-refractivity contribution in [3.63, 3.8) is 0 Å². The molecule has 7 nitrogen and oxygen atoms in total. The Kier molecular flexibility index (Phi) is 5.18. The number of amides is 1. The van der Waals surface area contributed by atoms with E-state index in [1.165, 1.54) is 7.11 Å². The van der Waals surface area contributed by atoms with Gasteiger partial charge < -0.3 is 24.8 Å². The normalized spacial score (nSPS) is 17.9. The van der Waals surface area contributed by atoms with Crippen LogP contribution in [0.25, 0.3) is 0 Å². The summed E-state index contributed by atoms with van der Waals surface area (Å²) in [6.45, 7) is 6.62. The van der Waals surface area contributed by atoms with Crippen LogP contribution in [-0.4, -0.2) is 47.9 Å². The van der Waals surface area contributed by atoms with Crippen LogP contribution in [-0.2, 0) is 4.74 Å². The molecule has 1 aromatic rings. The lowest BCUT2D eigenvalue weighted by Crippen LogP contribution is -2.42. The van der Waals surface area contributed by atoms with Crippen molar-refractivity contribution in [1.82, 2.24) is 9.88 Å². The van der Waals surface area contributed by atoms with Crippen molar-refractivity contribution in [2.45, 2.75) is 45.3 Å². The molecule has 1 aliphatic heterocycles. The molecular weight excluding hydrogens is 298 g/mol. The van der Waals surface area contributed by atoms with Crippen molar-refractivity contribution in [2.75, 3.05) is 26.0 Å². The number of ether oxygens (including phenoxy) is 3. The highest BCUT2D eigenvalue weighted by Crippen LogP contribution is 2.24. The van der Waals surface area contributed by atoms with E-state index in [0.717, 1.165) is 12.8 Å². The van der Waals surface area contributed by atoms with Crippen molar-refractivity contribution in [3.8, 4) is 11.8 Å². The van der Waals surface area contributed by atoms with E-state index < -0.39 is 5.60 Å². The molecule has 1 atom stereocenters. The van der Waals surface area contributed by atoms with Crippen molar-refractivity contribution >= 4 is 11.8 Å². The first kappa shape index (κ1) is 17.2. The largest absolute Gasteiger partial charge is 0.479 e. The Bertz CT molecular complexity index is 557. The fraction of sp³-hybridized carbons (Fsp3) is 0.625. The Morgan fingerprint density at radius 3 is 2.83 bits per heavy atom. The monoisotopic (exact) mass is 323 g/mol. The fourth-order valence-electron chi connectivity index (χ4n) is 2.43. The number of nitrogens with zero attached hydrogens (tertiary/aromatic N) is 2. The number of pyridine rings is 1. The topological polar surface area (TPSA) is 86.9 Å². The van der Waals surface area contributed by atoms with Gasteiger partial charge in [0.25, 0.3) is 0 Å². The van der Waals surface area contributed by atoms with Gasteiger partial charge in [0.2, 0.25) is 11.8 Å². The van der Waals surface area contributed by atoms with Crippen LogP contribution in [0.3, 0.4) is 0 Å². The minimum absolute atomic E-state index is 0.0183. The molecule has 1 aromatic heterocycles. The molecule has 0 radical (unpaired) electrons. The first-order chi connectivity index (χ1) is 10.8. The zero-order chi connectivity index (χ0) is 17.0. The van der Waals surface area contributed by atoms with Gasteiger partial charge in [-0.3, -0.25) is 0 Å². The number of nitrogens with two attached hydrogens (primary N) is 1. The Hall–Kier alpha value is -2.18. The van der Waals surface area contributed by atoms with E-state index in [4.69, 9.17) is 19.9 Å². The van der Waals surface area contributed by atoms with Crippen LogP contribution in [0.15, 0.2) is 12.1 Å². The third kappa shape index (κ3) is 4.64. The number of rotatable bonds is 4. The number of hydrogen-bond acceptors (Lipinski definition) is 6. The van der Waals surface area contributed by atoms with Gasteiger partial charge in [0.1, 0.15) is 12.2 Å². The zero-order valence-electron chi connectivity index (χ0n) is 14.2. The summed E-state index contributed by atoms with van der Waals surface area (Å²) in [6, 6.07) is 3.35. The smallest absolute Gasteiger partial charge is 0.410 e. The minimum atomic E-state index is -0.503. The second-order valence-corrected chi connectivity index (χ2v) is 6.53.